The third-order valence-electron chi connectivity index (χ3n) is 1.74. The van der Waals surface area contributed by atoms with E-state index in [1.165, 1.54) is 0 Å². The summed E-state index contributed by atoms with van der Waals surface area (Å²) in [6.07, 6.45) is 0.0419. The Balaban J connectivity index is 2.78. The first-order valence-corrected chi connectivity index (χ1v) is 5.24. The number of hydrogen-bond donors (Lipinski definition) is 1. The number of nitrogens with one attached hydrogen (secondary N) is 1. The van der Waals surface area contributed by atoms with Crippen molar-refractivity contribution in [2.24, 2.45) is 0 Å². The van der Waals surface area contributed by atoms with Crippen molar-refractivity contribution < 1.29 is 14.3 Å². The molecule has 1 amide bonds. The number of aromatic nitrogens is 1. The van der Waals surface area contributed by atoms with E-state index < -0.39 is 11.7 Å². The van der Waals surface area contributed by atoms with E-state index in [1.54, 1.807) is 32.9 Å². The number of ether oxygens (including phenoxy) is 1. The standard InChI is InChI=1S/C12H16N2O3/c1-8-5-9(7-15)13-10(6-8)14-11(16)17-12(2,3)4/h5-7H,1-4H3,(H,13,14,16). The van der Waals surface area contributed by atoms with Gasteiger partial charge in [-0.25, -0.2) is 9.78 Å². The van der Waals surface area contributed by atoms with E-state index in [0.717, 1.165) is 5.56 Å². The average molecular weight is 236 g/mol. The summed E-state index contributed by atoms with van der Waals surface area (Å²) in [4.78, 5) is 26.0. The number of aldehydes is 1. The fourth-order valence-electron chi connectivity index (χ4n) is 1.23. The molecule has 0 atom stereocenters. The van der Waals surface area contributed by atoms with Gasteiger partial charge in [-0.15, -0.1) is 0 Å². The van der Waals surface area contributed by atoms with Crippen LogP contribution in [0.5, 0.6) is 0 Å². The molecule has 0 saturated heterocycles. The molecule has 0 fully saturated rings. The average Bonchev–Trinajstić information content (AvgIpc) is 2.13. The molecule has 0 aromatic carbocycles. The number of anilines is 1. The molecule has 0 bridgehead atoms. The number of hydrogen-bond acceptors (Lipinski definition) is 4. The Labute approximate surface area is 100 Å². The van der Waals surface area contributed by atoms with Crippen LogP contribution in [0.1, 0.15) is 36.8 Å². The predicted molar refractivity (Wildman–Crippen MR) is 64.2 cm³/mol. The first-order chi connectivity index (χ1) is 7.80. The molecule has 92 valence electrons. The summed E-state index contributed by atoms with van der Waals surface area (Å²) in [6, 6.07) is 3.30. The second kappa shape index (κ2) is 4.95. The minimum absolute atomic E-state index is 0.274. The maximum Gasteiger partial charge on any atom is 0.413 e. The first-order valence-electron chi connectivity index (χ1n) is 5.24. The predicted octanol–water partition coefficient (Wildman–Crippen LogP) is 2.55. The molecule has 1 N–H and O–H groups in total. The van der Waals surface area contributed by atoms with Crippen LogP contribution in [0.15, 0.2) is 12.1 Å². The Hall–Kier alpha value is -1.91. The fraction of sp³-hybridized carbons (Fsp3) is 0.417. The van der Waals surface area contributed by atoms with Gasteiger partial charge < -0.3 is 4.74 Å². The number of carbonyl (C=O) groups excluding carboxylic acids is 2. The number of rotatable bonds is 2. The Morgan fingerprint density at radius 2 is 2.06 bits per heavy atom. The molecule has 0 aliphatic carbocycles. The molecule has 5 heteroatoms. The summed E-state index contributed by atoms with van der Waals surface area (Å²) in [7, 11) is 0. The second-order valence-electron chi connectivity index (χ2n) is 4.70. The molecule has 0 unspecified atom stereocenters. The zero-order valence-electron chi connectivity index (χ0n) is 10.4. The summed E-state index contributed by atoms with van der Waals surface area (Å²) in [6.45, 7) is 7.13. The van der Waals surface area contributed by atoms with Gasteiger partial charge in [0, 0.05) is 0 Å². The van der Waals surface area contributed by atoms with Crippen LogP contribution < -0.4 is 5.32 Å². The van der Waals surface area contributed by atoms with Crippen molar-refractivity contribution >= 4 is 18.2 Å². The van der Waals surface area contributed by atoms with E-state index in [1.807, 2.05) is 6.92 Å². The van der Waals surface area contributed by atoms with Crippen molar-refractivity contribution in [2.45, 2.75) is 33.3 Å². The van der Waals surface area contributed by atoms with Gasteiger partial charge in [-0.1, -0.05) is 0 Å². The van der Waals surface area contributed by atoms with Gasteiger partial charge in [0.15, 0.2) is 6.29 Å². The second-order valence-corrected chi connectivity index (χ2v) is 4.70. The Kier molecular flexibility index (Phi) is 3.83. The Morgan fingerprint density at radius 1 is 1.41 bits per heavy atom. The molecule has 0 aliphatic heterocycles. The molecular formula is C12H16N2O3. The number of aryl methyl sites for hydroxylation is 1. The van der Waals surface area contributed by atoms with Crippen LogP contribution in [0.2, 0.25) is 0 Å². The van der Waals surface area contributed by atoms with Crippen molar-refractivity contribution in [3.63, 3.8) is 0 Å². The molecule has 1 rings (SSSR count). The van der Waals surface area contributed by atoms with Crippen molar-refractivity contribution in [3.8, 4) is 0 Å². The van der Waals surface area contributed by atoms with Crippen LogP contribution in [0.4, 0.5) is 10.6 Å². The highest BCUT2D eigenvalue weighted by atomic mass is 16.6. The van der Waals surface area contributed by atoms with Crippen LogP contribution in [0.3, 0.4) is 0 Å². The molecule has 0 radical (unpaired) electrons. The summed E-state index contributed by atoms with van der Waals surface area (Å²) >= 11 is 0. The third-order valence-corrected chi connectivity index (χ3v) is 1.74. The Morgan fingerprint density at radius 3 is 2.59 bits per heavy atom. The number of carbonyl (C=O) groups is 2. The molecule has 1 heterocycles. The summed E-state index contributed by atoms with van der Waals surface area (Å²) in [5.41, 5.74) is 0.547. The molecule has 17 heavy (non-hydrogen) atoms. The summed E-state index contributed by atoms with van der Waals surface area (Å²) in [5, 5.41) is 2.48. The number of nitrogens with zero attached hydrogens (tertiary/aromatic N) is 1. The lowest BCUT2D eigenvalue weighted by Gasteiger charge is -2.19. The van der Waals surface area contributed by atoms with Crippen LogP contribution in [-0.2, 0) is 4.74 Å². The highest BCUT2D eigenvalue weighted by molar-refractivity contribution is 5.84. The number of amides is 1. The van der Waals surface area contributed by atoms with Crippen molar-refractivity contribution in [2.75, 3.05) is 5.32 Å². The van der Waals surface area contributed by atoms with Crippen molar-refractivity contribution in [3.05, 3.63) is 23.4 Å². The van der Waals surface area contributed by atoms with E-state index in [4.69, 9.17) is 4.74 Å². The van der Waals surface area contributed by atoms with Gasteiger partial charge in [-0.3, -0.25) is 10.1 Å². The maximum absolute atomic E-state index is 11.5. The van der Waals surface area contributed by atoms with E-state index in [9.17, 15) is 9.59 Å². The molecule has 5 nitrogen and oxygen atoms in total. The zero-order valence-corrected chi connectivity index (χ0v) is 10.4. The molecule has 1 aromatic heterocycles. The smallest absolute Gasteiger partial charge is 0.413 e. The Bertz CT molecular complexity index is 436. The van der Waals surface area contributed by atoms with Gasteiger partial charge in [0.2, 0.25) is 0 Å². The first kappa shape index (κ1) is 13.2. The van der Waals surface area contributed by atoms with Crippen molar-refractivity contribution in [1.29, 1.82) is 0 Å². The lowest BCUT2D eigenvalue weighted by Crippen LogP contribution is -2.27. The number of pyridine rings is 1. The lowest BCUT2D eigenvalue weighted by molar-refractivity contribution is 0.0635. The van der Waals surface area contributed by atoms with Gasteiger partial charge in [0.1, 0.15) is 17.1 Å². The third kappa shape index (κ3) is 4.63. The van der Waals surface area contributed by atoms with Crippen LogP contribution >= 0.6 is 0 Å². The summed E-state index contributed by atoms with van der Waals surface area (Å²) < 4.78 is 5.08. The largest absolute Gasteiger partial charge is 0.444 e. The topological polar surface area (TPSA) is 68.3 Å². The molecule has 0 aliphatic rings. The molecule has 1 aromatic rings. The fourth-order valence-corrected chi connectivity index (χ4v) is 1.23. The lowest BCUT2D eigenvalue weighted by atomic mass is 10.2. The molecule has 0 spiro atoms. The maximum atomic E-state index is 11.5. The van der Waals surface area contributed by atoms with Gasteiger partial charge >= 0.3 is 6.09 Å². The van der Waals surface area contributed by atoms with Crippen LogP contribution in [-0.4, -0.2) is 23.0 Å². The quantitative estimate of drug-likeness (QED) is 0.801. The summed E-state index contributed by atoms with van der Waals surface area (Å²) in [5.74, 6) is 0.307. The van der Waals surface area contributed by atoms with Crippen LogP contribution in [0, 0.1) is 6.92 Å². The van der Waals surface area contributed by atoms with Gasteiger partial charge in [-0.05, 0) is 45.4 Å². The zero-order chi connectivity index (χ0) is 13.1. The van der Waals surface area contributed by atoms with E-state index in [-0.39, 0.29) is 5.69 Å². The minimum Gasteiger partial charge on any atom is -0.444 e. The molecular weight excluding hydrogens is 220 g/mol. The van der Waals surface area contributed by atoms with E-state index >= 15 is 0 Å². The van der Waals surface area contributed by atoms with Crippen LogP contribution in [0.25, 0.3) is 0 Å². The van der Waals surface area contributed by atoms with E-state index in [0.29, 0.717) is 12.1 Å². The van der Waals surface area contributed by atoms with Gasteiger partial charge in [0.05, 0.1) is 0 Å². The van der Waals surface area contributed by atoms with Gasteiger partial charge in [0.25, 0.3) is 0 Å². The highest BCUT2D eigenvalue weighted by Gasteiger charge is 2.16. The highest BCUT2D eigenvalue weighted by Crippen LogP contribution is 2.12. The van der Waals surface area contributed by atoms with E-state index in [2.05, 4.69) is 10.3 Å². The SMILES string of the molecule is Cc1cc(C=O)nc(NC(=O)OC(C)(C)C)c1. The molecule has 0 saturated carbocycles. The monoisotopic (exact) mass is 236 g/mol. The van der Waals surface area contributed by atoms with Crippen molar-refractivity contribution in [1.82, 2.24) is 4.98 Å². The van der Waals surface area contributed by atoms with Gasteiger partial charge in [-0.2, -0.15) is 0 Å². The minimum atomic E-state index is -0.590. The normalized spacial score (nSPS) is 10.8.